The number of hydrazone groups is 1. The van der Waals surface area contributed by atoms with Crippen molar-refractivity contribution in [3.8, 4) is 5.75 Å². The standard InChI is InChI=1S/C29H22BrCl2N7O/c30-21-12-14-26(40-18-19-11-13-22(31)16-25(19)32)20(15-21)17-33-39-29-37-27(34-23-7-3-1-4-8-23)36-28(38-29)35-24-9-5-2-6-10-24/h1-17H,18H2,(H3,34,35,36,37,38,39). The molecule has 0 radical (unpaired) electrons. The number of rotatable bonds is 10. The maximum absolute atomic E-state index is 6.30. The fourth-order valence-corrected chi connectivity index (χ4v) is 4.39. The fourth-order valence-electron chi connectivity index (χ4n) is 3.54. The van der Waals surface area contributed by atoms with Crippen LogP contribution in [0.3, 0.4) is 0 Å². The Hall–Kier alpha value is -4.18. The molecule has 1 aromatic heterocycles. The molecule has 0 unspecified atom stereocenters. The van der Waals surface area contributed by atoms with E-state index in [1.807, 2.05) is 84.9 Å². The molecule has 0 atom stereocenters. The monoisotopic (exact) mass is 633 g/mol. The predicted octanol–water partition coefficient (Wildman–Crippen LogP) is 8.45. The van der Waals surface area contributed by atoms with Crippen LogP contribution in [0, 0.1) is 0 Å². The van der Waals surface area contributed by atoms with Crippen molar-refractivity contribution in [3.63, 3.8) is 0 Å². The minimum atomic E-state index is 0.244. The van der Waals surface area contributed by atoms with E-state index in [1.54, 1.807) is 18.3 Å². The van der Waals surface area contributed by atoms with E-state index in [0.717, 1.165) is 27.0 Å². The summed E-state index contributed by atoms with van der Waals surface area (Å²) in [5, 5.41) is 11.9. The van der Waals surface area contributed by atoms with Crippen molar-refractivity contribution in [2.45, 2.75) is 6.61 Å². The fraction of sp³-hybridized carbons (Fsp3) is 0.0345. The molecule has 0 spiro atoms. The zero-order valence-electron chi connectivity index (χ0n) is 20.9. The van der Waals surface area contributed by atoms with Crippen LogP contribution in [0.5, 0.6) is 5.75 Å². The van der Waals surface area contributed by atoms with Gasteiger partial charge in [-0.15, -0.1) is 0 Å². The summed E-state index contributed by atoms with van der Waals surface area (Å²) >= 11 is 15.8. The van der Waals surface area contributed by atoms with Gasteiger partial charge in [-0.05, 0) is 54.6 Å². The lowest BCUT2D eigenvalue weighted by atomic mass is 10.2. The lowest BCUT2D eigenvalue weighted by Gasteiger charge is -2.11. The van der Waals surface area contributed by atoms with Crippen molar-refractivity contribution in [1.82, 2.24) is 15.0 Å². The van der Waals surface area contributed by atoms with Crippen molar-refractivity contribution in [3.05, 3.63) is 123 Å². The van der Waals surface area contributed by atoms with Crippen LogP contribution in [-0.2, 0) is 6.61 Å². The van der Waals surface area contributed by atoms with Crippen molar-refractivity contribution >= 4 is 74.6 Å². The molecule has 0 fully saturated rings. The molecule has 0 aliphatic carbocycles. The van der Waals surface area contributed by atoms with Gasteiger partial charge in [-0.3, -0.25) is 0 Å². The highest BCUT2D eigenvalue weighted by atomic mass is 79.9. The highest BCUT2D eigenvalue weighted by Crippen LogP contribution is 2.26. The number of nitrogens with zero attached hydrogens (tertiary/aromatic N) is 4. The Bertz CT molecular complexity index is 1560. The quantitative estimate of drug-likeness (QED) is 0.105. The smallest absolute Gasteiger partial charge is 0.250 e. The number of hydrogen-bond donors (Lipinski definition) is 3. The SMILES string of the molecule is Clc1ccc(COc2ccc(Br)cc2C=NNc2nc(Nc3ccccc3)nc(Nc3ccccc3)n2)c(Cl)c1. The molecule has 0 saturated carbocycles. The molecule has 4 aromatic carbocycles. The van der Waals surface area contributed by atoms with Gasteiger partial charge in [0.2, 0.25) is 17.8 Å². The summed E-state index contributed by atoms with van der Waals surface area (Å²) in [5.74, 6) is 1.56. The summed E-state index contributed by atoms with van der Waals surface area (Å²) in [6.45, 7) is 0.266. The first kappa shape index (κ1) is 27.4. The number of hydrogen-bond acceptors (Lipinski definition) is 8. The minimum Gasteiger partial charge on any atom is -0.488 e. The predicted molar refractivity (Wildman–Crippen MR) is 165 cm³/mol. The van der Waals surface area contributed by atoms with Crippen LogP contribution in [0.4, 0.5) is 29.2 Å². The van der Waals surface area contributed by atoms with Gasteiger partial charge in [-0.1, -0.05) is 81.6 Å². The van der Waals surface area contributed by atoms with E-state index in [4.69, 9.17) is 27.9 Å². The zero-order chi connectivity index (χ0) is 27.7. The summed E-state index contributed by atoms with van der Waals surface area (Å²) < 4.78 is 6.91. The van der Waals surface area contributed by atoms with Gasteiger partial charge in [0.25, 0.3) is 0 Å². The van der Waals surface area contributed by atoms with Crippen LogP contribution in [0.2, 0.25) is 10.0 Å². The molecule has 0 saturated heterocycles. The van der Waals surface area contributed by atoms with Gasteiger partial charge >= 0.3 is 0 Å². The first-order valence-electron chi connectivity index (χ1n) is 12.1. The molecule has 11 heteroatoms. The van der Waals surface area contributed by atoms with E-state index in [2.05, 4.69) is 52.0 Å². The third kappa shape index (κ3) is 7.69. The van der Waals surface area contributed by atoms with Gasteiger partial charge in [0.05, 0.1) is 6.21 Å². The molecule has 5 rings (SSSR count). The third-order valence-electron chi connectivity index (χ3n) is 5.43. The summed E-state index contributed by atoms with van der Waals surface area (Å²) in [6.07, 6.45) is 1.63. The van der Waals surface area contributed by atoms with E-state index in [0.29, 0.717) is 27.7 Å². The second-order valence-electron chi connectivity index (χ2n) is 8.36. The van der Waals surface area contributed by atoms with E-state index < -0.39 is 0 Å². The number of aromatic nitrogens is 3. The lowest BCUT2D eigenvalue weighted by Crippen LogP contribution is -2.07. The average Bonchev–Trinajstić information content (AvgIpc) is 2.94. The van der Waals surface area contributed by atoms with Crippen molar-refractivity contribution < 1.29 is 4.74 Å². The molecular formula is C29H22BrCl2N7O. The third-order valence-corrected chi connectivity index (χ3v) is 6.51. The molecule has 5 aromatic rings. The highest BCUT2D eigenvalue weighted by molar-refractivity contribution is 9.10. The molecule has 0 aliphatic rings. The van der Waals surface area contributed by atoms with Crippen LogP contribution in [0.1, 0.15) is 11.1 Å². The summed E-state index contributed by atoms with van der Waals surface area (Å²) in [7, 11) is 0. The molecule has 200 valence electrons. The largest absolute Gasteiger partial charge is 0.488 e. The summed E-state index contributed by atoms with van der Waals surface area (Å²) in [5.41, 5.74) is 6.12. The van der Waals surface area contributed by atoms with E-state index in [9.17, 15) is 0 Å². The maximum Gasteiger partial charge on any atom is 0.250 e. The molecule has 8 nitrogen and oxygen atoms in total. The molecule has 0 amide bonds. The Kier molecular flexibility index (Phi) is 9.07. The summed E-state index contributed by atoms with van der Waals surface area (Å²) in [4.78, 5) is 13.4. The zero-order valence-corrected chi connectivity index (χ0v) is 24.0. The second-order valence-corrected chi connectivity index (χ2v) is 10.1. The van der Waals surface area contributed by atoms with Crippen LogP contribution in [0.25, 0.3) is 0 Å². The number of anilines is 5. The molecular weight excluding hydrogens is 613 g/mol. The molecule has 0 aliphatic heterocycles. The van der Waals surface area contributed by atoms with Gasteiger partial charge in [0, 0.05) is 37.0 Å². The topological polar surface area (TPSA) is 96.4 Å². The van der Waals surface area contributed by atoms with Gasteiger partial charge in [-0.25, -0.2) is 5.43 Å². The molecule has 40 heavy (non-hydrogen) atoms. The number of nitrogens with one attached hydrogen (secondary N) is 3. The molecule has 0 bridgehead atoms. The van der Waals surface area contributed by atoms with E-state index >= 15 is 0 Å². The Morgan fingerprint density at radius 1 is 0.750 bits per heavy atom. The molecule has 3 N–H and O–H groups in total. The van der Waals surface area contributed by atoms with Crippen LogP contribution >= 0.6 is 39.1 Å². The average molecular weight is 635 g/mol. The summed E-state index contributed by atoms with van der Waals surface area (Å²) in [6, 6.07) is 30.2. The van der Waals surface area contributed by atoms with E-state index in [-0.39, 0.29) is 12.6 Å². The Morgan fingerprint density at radius 2 is 1.38 bits per heavy atom. The maximum atomic E-state index is 6.30. The first-order valence-corrected chi connectivity index (χ1v) is 13.6. The van der Waals surface area contributed by atoms with Crippen LogP contribution in [0.15, 0.2) is 107 Å². The Morgan fingerprint density at radius 3 is 2.00 bits per heavy atom. The van der Waals surface area contributed by atoms with Crippen molar-refractivity contribution in [1.29, 1.82) is 0 Å². The van der Waals surface area contributed by atoms with Crippen LogP contribution in [-0.4, -0.2) is 21.2 Å². The van der Waals surface area contributed by atoms with Crippen LogP contribution < -0.4 is 20.8 Å². The van der Waals surface area contributed by atoms with Gasteiger partial charge in [0.15, 0.2) is 0 Å². The Labute approximate surface area is 249 Å². The van der Waals surface area contributed by atoms with Gasteiger partial charge in [-0.2, -0.15) is 20.1 Å². The number of halogens is 3. The number of para-hydroxylation sites is 2. The minimum absolute atomic E-state index is 0.244. The van der Waals surface area contributed by atoms with Gasteiger partial charge in [0.1, 0.15) is 12.4 Å². The molecule has 1 heterocycles. The number of benzene rings is 4. The highest BCUT2D eigenvalue weighted by Gasteiger charge is 2.09. The second kappa shape index (κ2) is 13.3. The van der Waals surface area contributed by atoms with E-state index in [1.165, 1.54) is 0 Å². The lowest BCUT2D eigenvalue weighted by molar-refractivity contribution is 0.306. The van der Waals surface area contributed by atoms with Gasteiger partial charge < -0.3 is 15.4 Å². The number of ether oxygens (including phenoxy) is 1. The Balaban J connectivity index is 1.35. The first-order chi connectivity index (χ1) is 19.5. The van der Waals surface area contributed by atoms with Crippen molar-refractivity contribution in [2.24, 2.45) is 5.10 Å². The normalized spacial score (nSPS) is 10.9. The van der Waals surface area contributed by atoms with Crippen molar-refractivity contribution in [2.75, 3.05) is 16.1 Å².